The van der Waals surface area contributed by atoms with Crippen LogP contribution in [0.15, 0.2) is 60.7 Å². The zero-order chi connectivity index (χ0) is 17.5. The third kappa shape index (κ3) is 2.39. The van der Waals surface area contributed by atoms with Gasteiger partial charge < -0.3 is 9.47 Å². The largest absolute Gasteiger partial charge is 0.454 e. The average molecular weight is 341 g/mol. The molecule has 2 aliphatic carbocycles. The van der Waals surface area contributed by atoms with Crippen molar-refractivity contribution in [3.8, 4) is 33.9 Å². The van der Waals surface area contributed by atoms with Gasteiger partial charge in [0.25, 0.3) is 0 Å². The Balaban J connectivity index is 1.69. The van der Waals surface area contributed by atoms with Gasteiger partial charge in [-0.1, -0.05) is 49.7 Å². The first-order chi connectivity index (χ1) is 12.8. The number of benzene rings is 1. The third-order valence-corrected chi connectivity index (χ3v) is 4.97. The Morgan fingerprint density at radius 1 is 0.846 bits per heavy atom. The molecule has 3 heteroatoms. The highest BCUT2D eigenvalue weighted by atomic mass is 16.7. The van der Waals surface area contributed by atoms with Gasteiger partial charge in [-0.3, -0.25) is 0 Å². The molecule has 0 atom stereocenters. The van der Waals surface area contributed by atoms with Gasteiger partial charge in [0, 0.05) is 17.0 Å². The Kier molecular flexibility index (Phi) is 3.52. The fourth-order valence-electron chi connectivity index (χ4n) is 3.74. The number of hydrogen-bond donors (Lipinski definition) is 0. The summed E-state index contributed by atoms with van der Waals surface area (Å²) >= 11 is 0. The fourth-order valence-corrected chi connectivity index (χ4v) is 3.74. The lowest BCUT2D eigenvalue weighted by Crippen LogP contribution is -1.92. The molecule has 0 saturated carbocycles. The number of fused-ring (bicyclic) bond motifs is 3. The monoisotopic (exact) mass is 341 g/mol. The molecule has 3 nitrogen and oxygen atoms in total. The van der Waals surface area contributed by atoms with Crippen molar-refractivity contribution in [1.29, 1.82) is 0 Å². The third-order valence-electron chi connectivity index (χ3n) is 4.97. The van der Waals surface area contributed by atoms with E-state index in [1.807, 2.05) is 12.1 Å². The highest BCUT2D eigenvalue weighted by molar-refractivity contribution is 5.91. The molecular formula is C23H19NO2. The van der Waals surface area contributed by atoms with Crippen molar-refractivity contribution >= 4 is 10.9 Å². The van der Waals surface area contributed by atoms with Gasteiger partial charge in [-0.15, -0.1) is 0 Å². The average Bonchev–Trinajstić information content (AvgIpc) is 3.15. The van der Waals surface area contributed by atoms with Crippen molar-refractivity contribution in [2.75, 3.05) is 6.79 Å². The predicted octanol–water partition coefficient (Wildman–Crippen LogP) is 5.69. The van der Waals surface area contributed by atoms with E-state index in [2.05, 4.69) is 55.5 Å². The minimum Gasteiger partial charge on any atom is -0.454 e. The van der Waals surface area contributed by atoms with E-state index in [1.54, 1.807) is 0 Å². The second-order valence-corrected chi connectivity index (χ2v) is 6.67. The summed E-state index contributed by atoms with van der Waals surface area (Å²) in [5, 5.41) is 1.06. The molecule has 0 radical (unpaired) electrons. The van der Waals surface area contributed by atoms with Gasteiger partial charge in [0.15, 0.2) is 11.5 Å². The maximum absolute atomic E-state index is 5.51. The Morgan fingerprint density at radius 3 is 2.50 bits per heavy atom. The Hall–Kier alpha value is -3.07. The van der Waals surface area contributed by atoms with Crippen molar-refractivity contribution in [3.63, 3.8) is 0 Å². The summed E-state index contributed by atoms with van der Waals surface area (Å²) in [5.41, 5.74) is 7.08. The molecule has 26 heavy (non-hydrogen) atoms. The number of aryl methyl sites for hydroxylation is 1. The molecule has 0 saturated heterocycles. The molecule has 0 fully saturated rings. The quantitative estimate of drug-likeness (QED) is 0.480. The first kappa shape index (κ1) is 15.2. The van der Waals surface area contributed by atoms with Crippen molar-refractivity contribution in [1.82, 2.24) is 4.98 Å². The summed E-state index contributed by atoms with van der Waals surface area (Å²) in [6.07, 6.45) is 2.21. The van der Waals surface area contributed by atoms with Crippen LogP contribution in [-0.4, -0.2) is 11.8 Å². The van der Waals surface area contributed by atoms with Crippen LogP contribution in [0.2, 0.25) is 0 Å². The molecule has 0 N–H and O–H groups in total. The fraction of sp³-hybridized carbons (Fsp3) is 0.174. The summed E-state index contributed by atoms with van der Waals surface area (Å²) in [7, 11) is 0. The molecule has 2 heterocycles. The molecule has 1 aliphatic heterocycles. The van der Waals surface area contributed by atoms with E-state index in [0.29, 0.717) is 0 Å². The highest BCUT2D eigenvalue weighted by Gasteiger charge is 2.18. The van der Waals surface area contributed by atoms with Gasteiger partial charge >= 0.3 is 0 Å². The van der Waals surface area contributed by atoms with Crippen LogP contribution in [0, 0.1) is 0 Å². The summed E-state index contributed by atoms with van der Waals surface area (Å²) in [6, 6.07) is 21.2. The van der Waals surface area contributed by atoms with E-state index in [4.69, 9.17) is 14.5 Å². The number of nitrogens with zero attached hydrogens (tertiary/aromatic N) is 1. The molecule has 1 aromatic heterocycles. The van der Waals surface area contributed by atoms with E-state index >= 15 is 0 Å². The van der Waals surface area contributed by atoms with Gasteiger partial charge in [-0.25, -0.2) is 4.98 Å². The van der Waals surface area contributed by atoms with E-state index in [1.165, 1.54) is 22.3 Å². The molecule has 128 valence electrons. The van der Waals surface area contributed by atoms with Crippen LogP contribution in [0.1, 0.15) is 18.9 Å². The number of pyridine rings is 1. The SMILES string of the molecule is CCCc1cc(-c2ccc3cc4c(cc3n2)OCO4)c2cccccc1-2. The lowest BCUT2D eigenvalue weighted by molar-refractivity contribution is 0.174. The van der Waals surface area contributed by atoms with E-state index < -0.39 is 0 Å². The number of ether oxygens (including phenoxy) is 2. The van der Waals surface area contributed by atoms with Gasteiger partial charge in [0.1, 0.15) is 0 Å². The van der Waals surface area contributed by atoms with E-state index in [-0.39, 0.29) is 6.79 Å². The summed E-state index contributed by atoms with van der Waals surface area (Å²) in [4.78, 5) is 4.93. The van der Waals surface area contributed by atoms with Crippen LogP contribution in [-0.2, 0) is 6.42 Å². The van der Waals surface area contributed by atoms with Gasteiger partial charge in [0.2, 0.25) is 6.79 Å². The zero-order valence-corrected chi connectivity index (χ0v) is 14.7. The Morgan fingerprint density at radius 2 is 1.65 bits per heavy atom. The predicted molar refractivity (Wildman–Crippen MR) is 104 cm³/mol. The smallest absolute Gasteiger partial charge is 0.231 e. The molecular weight excluding hydrogens is 322 g/mol. The molecule has 0 amide bonds. The first-order valence-electron chi connectivity index (χ1n) is 9.05. The highest BCUT2D eigenvalue weighted by Crippen LogP contribution is 2.40. The topological polar surface area (TPSA) is 31.4 Å². The molecule has 0 spiro atoms. The summed E-state index contributed by atoms with van der Waals surface area (Å²) < 4.78 is 11.0. The van der Waals surface area contributed by atoms with Crippen molar-refractivity contribution in [2.45, 2.75) is 19.8 Å². The van der Waals surface area contributed by atoms with E-state index in [9.17, 15) is 0 Å². The Labute approximate surface area is 152 Å². The minimum absolute atomic E-state index is 0.281. The summed E-state index contributed by atoms with van der Waals surface area (Å²) in [6.45, 7) is 2.50. The minimum atomic E-state index is 0.281. The maximum atomic E-state index is 5.51. The Bertz CT molecular complexity index is 1090. The first-order valence-corrected chi connectivity index (χ1v) is 9.05. The van der Waals surface area contributed by atoms with Crippen molar-refractivity contribution < 1.29 is 9.47 Å². The molecule has 1 aromatic carbocycles. The van der Waals surface area contributed by atoms with Gasteiger partial charge in [-0.2, -0.15) is 0 Å². The van der Waals surface area contributed by atoms with Crippen LogP contribution < -0.4 is 9.47 Å². The molecule has 5 rings (SSSR count). The molecule has 2 aromatic rings. The lowest BCUT2D eigenvalue weighted by atomic mass is 10.0. The molecule has 3 aliphatic rings. The van der Waals surface area contributed by atoms with Crippen molar-refractivity contribution in [3.05, 3.63) is 66.2 Å². The van der Waals surface area contributed by atoms with Crippen LogP contribution in [0.4, 0.5) is 0 Å². The van der Waals surface area contributed by atoms with Gasteiger partial charge in [-0.05, 0) is 41.3 Å². The van der Waals surface area contributed by atoms with Crippen LogP contribution in [0.25, 0.3) is 33.3 Å². The van der Waals surface area contributed by atoms with Crippen molar-refractivity contribution in [2.24, 2.45) is 0 Å². The van der Waals surface area contributed by atoms with E-state index in [0.717, 1.165) is 40.9 Å². The number of aromatic nitrogens is 1. The second-order valence-electron chi connectivity index (χ2n) is 6.67. The van der Waals surface area contributed by atoms with Crippen LogP contribution in [0.5, 0.6) is 11.5 Å². The standard InChI is InChI=1S/C23H19NO2/c1-2-6-15-11-19(18-8-5-3-4-7-17(15)18)20-10-9-16-12-22-23(26-14-25-22)13-21(16)24-20/h3-5,7-13H,2,6,14H2,1H3. The zero-order valence-electron chi connectivity index (χ0n) is 14.7. The number of rotatable bonds is 3. The number of hydrogen-bond acceptors (Lipinski definition) is 3. The second kappa shape index (κ2) is 6.03. The molecule has 0 bridgehead atoms. The lowest BCUT2D eigenvalue weighted by Gasteiger charge is -2.05. The summed E-state index contributed by atoms with van der Waals surface area (Å²) in [5.74, 6) is 1.57. The van der Waals surface area contributed by atoms with Crippen LogP contribution in [0.3, 0.4) is 0 Å². The van der Waals surface area contributed by atoms with Crippen LogP contribution >= 0.6 is 0 Å². The van der Waals surface area contributed by atoms with Gasteiger partial charge in [0.05, 0.1) is 11.2 Å². The maximum Gasteiger partial charge on any atom is 0.231 e. The molecule has 0 unspecified atom stereocenters. The normalized spacial score (nSPS) is 12.8.